The van der Waals surface area contributed by atoms with Gasteiger partial charge in [-0.15, -0.1) is 0 Å². The lowest BCUT2D eigenvalue weighted by atomic mass is 10.1. The molecule has 2 heterocycles. The molecule has 0 bridgehead atoms. The maximum atomic E-state index is 12.0. The molecule has 1 amide bonds. The summed E-state index contributed by atoms with van der Waals surface area (Å²) >= 11 is 0. The van der Waals surface area contributed by atoms with Crippen molar-refractivity contribution in [2.24, 2.45) is 0 Å². The number of carbonyl (C=O) groups is 1. The number of amides is 1. The van der Waals surface area contributed by atoms with E-state index in [0.717, 1.165) is 35.2 Å². The highest BCUT2D eigenvalue weighted by Gasteiger charge is 2.27. The van der Waals surface area contributed by atoms with Gasteiger partial charge in [-0.1, -0.05) is 18.2 Å². The maximum Gasteiger partial charge on any atom is 0.407 e. The van der Waals surface area contributed by atoms with Crippen LogP contribution in [0.25, 0.3) is 22.3 Å². The average Bonchev–Trinajstić information content (AvgIpc) is 3.21. The van der Waals surface area contributed by atoms with E-state index in [9.17, 15) is 9.90 Å². The molecule has 0 saturated carbocycles. The number of para-hydroxylation sites is 1. The number of rotatable bonds is 6. The fourth-order valence-electron chi connectivity index (χ4n) is 3.74. The summed E-state index contributed by atoms with van der Waals surface area (Å²) in [6.45, 7) is 3.96. The normalized spacial score (nSPS) is 15.9. The molecule has 1 aliphatic heterocycles. The zero-order valence-corrected chi connectivity index (χ0v) is 17.7. The van der Waals surface area contributed by atoms with Gasteiger partial charge in [0.05, 0.1) is 23.7 Å². The highest BCUT2D eigenvalue weighted by molar-refractivity contribution is 5.92. The number of aryl methyl sites for hydroxylation is 1. The standard InChI is InChI=1S/C23H26N4O4/c1-15-7-8-17-19(13-15)25-21(18-5-3-4-6-20(18)28)26-22(17)27-10-9-16(14-27)24-23(29)31-12-11-30-2/h3-8,13,16,28H,9-12,14H2,1-2H3,(H,24,29)/t16-/m0/s1. The van der Waals surface area contributed by atoms with Gasteiger partial charge in [-0.25, -0.2) is 14.8 Å². The molecule has 0 radical (unpaired) electrons. The number of benzene rings is 2. The minimum absolute atomic E-state index is 0.0425. The summed E-state index contributed by atoms with van der Waals surface area (Å²) in [5.41, 5.74) is 2.50. The molecule has 8 heteroatoms. The van der Waals surface area contributed by atoms with Crippen molar-refractivity contribution in [1.82, 2.24) is 15.3 Å². The minimum atomic E-state index is -0.443. The van der Waals surface area contributed by atoms with Crippen LogP contribution in [0.3, 0.4) is 0 Å². The molecule has 0 aliphatic carbocycles. The number of phenolic OH excluding ortho intramolecular Hbond substituents is 1. The number of aromatic nitrogens is 2. The number of hydrogen-bond donors (Lipinski definition) is 2. The van der Waals surface area contributed by atoms with Crippen molar-refractivity contribution >= 4 is 22.8 Å². The Bertz CT molecular complexity index is 1090. The van der Waals surface area contributed by atoms with E-state index in [2.05, 4.69) is 10.2 Å². The summed E-state index contributed by atoms with van der Waals surface area (Å²) in [5.74, 6) is 1.40. The Labute approximate surface area is 180 Å². The summed E-state index contributed by atoms with van der Waals surface area (Å²) in [7, 11) is 1.56. The Morgan fingerprint density at radius 3 is 2.87 bits per heavy atom. The van der Waals surface area contributed by atoms with Crippen LogP contribution in [0.4, 0.5) is 10.6 Å². The van der Waals surface area contributed by atoms with Gasteiger partial charge in [0.2, 0.25) is 0 Å². The van der Waals surface area contributed by atoms with E-state index in [1.807, 2.05) is 31.2 Å². The number of aromatic hydroxyl groups is 1. The number of ether oxygens (including phenoxy) is 2. The predicted octanol–water partition coefficient (Wildman–Crippen LogP) is 3.26. The number of fused-ring (bicyclic) bond motifs is 1. The second kappa shape index (κ2) is 9.18. The maximum absolute atomic E-state index is 12.0. The van der Waals surface area contributed by atoms with Crippen molar-refractivity contribution in [3.63, 3.8) is 0 Å². The molecule has 0 spiro atoms. The predicted molar refractivity (Wildman–Crippen MR) is 118 cm³/mol. The Hall–Kier alpha value is -3.39. The molecule has 1 fully saturated rings. The fourth-order valence-corrected chi connectivity index (χ4v) is 3.74. The van der Waals surface area contributed by atoms with Gasteiger partial charge in [0.1, 0.15) is 18.2 Å². The molecule has 31 heavy (non-hydrogen) atoms. The van der Waals surface area contributed by atoms with E-state index < -0.39 is 6.09 Å². The molecule has 1 aliphatic rings. The van der Waals surface area contributed by atoms with Crippen LogP contribution >= 0.6 is 0 Å². The summed E-state index contributed by atoms with van der Waals surface area (Å²) in [4.78, 5) is 23.6. The lowest BCUT2D eigenvalue weighted by Gasteiger charge is -2.21. The number of alkyl carbamates (subject to hydrolysis) is 1. The number of nitrogens with zero attached hydrogens (tertiary/aromatic N) is 3. The van der Waals surface area contributed by atoms with Crippen molar-refractivity contribution < 1.29 is 19.4 Å². The van der Waals surface area contributed by atoms with Gasteiger partial charge in [0, 0.05) is 25.6 Å². The largest absolute Gasteiger partial charge is 0.507 e. The Morgan fingerprint density at radius 2 is 2.06 bits per heavy atom. The first kappa shape index (κ1) is 20.9. The Morgan fingerprint density at radius 1 is 1.23 bits per heavy atom. The molecule has 2 aromatic carbocycles. The second-order valence-corrected chi connectivity index (χ2v) is 7.61. The lowest BCUT2D eigenvalue weighted by molar-refractivity contribution is 0.0969. The number of hydrogen-bond acceptors (Lipinski definition) is 7. The number of phenols is 1. The first-order chi connectivity index (χ1) is 15.0. The van der Waals surface area contributed by atoms with Crippen LogP contribution < -0.4 is 10.2 Å². The number of nitrogens with one attached hydrogen (secondary N) is 1. The third kappa shape index (κ3) is 4.69. The van der Waals surface area contributed by atoms with Gasteiger partial charge in [-0.3, -0.25) is 0 Å². The Balaban J connectivity index is 1.61. The minimum Gasteiger partial charge on any atom is -0.507 e. The zero-order chi connectivity index (χ0) is 21.8. The molecule has 2 N–H and O–H groups in total. The molecule has 0 unspecified atom stereocenters. The highest BCUT2D eigenvalue weighted by Crippen LogP contribution is 2.33. The molecule has 4 rings (SSSR count). The number of anilines is 1. The number of methoxy groups -OCH3 is 1. The van der Waals surface area contributed by atoms with Crippen LogP contribution in [-0.4, -0.2) is 60.6 Å². The van der Waals surface area contributed by atoms with Crippen molar-refractivity contribution in [1.29, 1.82) is 0 Å². The smallest absolute Gasteiger partial charge is 0.407 e. The van der Waals surface area contributed by atoms with Crippen LogP contribution in [0.2, 0.25) is 0 Å². The second-order valence-electron chi connectivity index (χ2n) is 7.61. The molecular weight excluding hydrogens is 396 g/mol. The average molecular weight is 422 g/mol. The van der Waals surface area contributed by atoms with Crippen LogP contribution in [0.15, 0.2) is 42.5 Å². The molecule has 3 aromatic rings. The van der Waals surface area contributed by atoms with Gasteiger partial charge >= 0.3 is 6.09 Å². The third-order valence-electron chi connectivity index (χ3n) is 5.31. The van der Waals surface area contributed by atoms with Gasteiger partial charge in [-0.05, 0) is 43.2 Å². The van der Waals surface area contributed by atoms with Crippen molar-refractivity contribution in [3.8, 4) is 17.1 Å². The molecule has 1 aromatic heterocycles. The monoisotopic (exact) mass is 422 g/mol. The van der Waals surface area contributed by atoms with Crippen LogP contribution in [-0.2, 0) is 9.47 Å². The molecule has 1 saturated heterocycles. The van der Waals surface area contributed by atoms with Gasteiger partial charge < -0.3 is 24.8 Å². The van der Waals surface area contributed by atoms with Crippen LogP contribution in [0, 0.1) is 6.92 Å². The van der Waals surface area contributed by atoms with E-state index in [4.69, 9.17) is 19.4 Å². The summed E-state index contributed by atoms with van der Waals surface area (Å²) in [5, 5.41) is 14.2. The van der Waals surface area contributed by atoms with Gasteiger partial charge in [0.15, 0.2) is 5.82 Å². The Kier molecular flexibility index (Phi) is 6.18. The highest BCUT2D eigenvalue weighted by atomic mass is 16.6. The molecule has 1 atom stereocenters. The number of carbonyl (C=O) groups excluding carboxylic acids is 1. The molecular formula is C23H26N4O4. The van der Waals surface area contributed by atoms with Gasteiger partial charge in [-0.2, -0.15) is 0 Å². The van der Waals surface area contributed by atoms with Crippen molar-refractivity contribution in [3.05, 3.63) is 48.0 Å². The van der Waals surface area contributed by atoms with E-state index in [1.165, 1.54) is 0 Å². The SMILES string of the molecule is COCCOC(=O)N[C@H]1CCN(c2nc(-c3ccccc3O)nc3cc(C)ccc23)C1. The summed E-state index contributed by atoms with van der Waals surface area (Å²) < 4.78 is 10.0. The van der Waals surface area contributed by atoms with Crippen LogP contribution in [0.5, 0.6) is 5.75 Å². The quantitative estimate of drug-likeness (QED) is 0.589. The first-order valence-corrected chi connectivity index (χ1v) is 10.3. The van der Waals surface area contributed by atoms with E-state index in [-0.39, 0.29) is 18.4 Å². The molecule has 162 valence electrons. The van der Waals surface area contributed by atoms with Crippen molar-refractivity contribution in [2.45, 2.75) is 19.4 Å². The summed E-state index contributed by atoms with van der Waals surface area (Å²) in [6.07, 6.45) is 0.338. The third-order valence-corrected chi connectivity index (χ3v) is 5.31. The first-order valence-electron chi connectivity index (χ1n) is 10.3. The van der Waals surface area contributed by atoms with E-state index >= 15 is 0 Å². The van der Waals surface area contributed by atoms with E-state index in [0.29, 0.717) is 24.5 Å². The van der Waals surface area contributed by atoms with Crippen molar-refractivity contribution in [2.75, 3.05) is 38.3 Å². The topological polar surface area (TPSA) is 96.8 Å². The molecule has 8 nitrogen and oxygen atoms in total. The van der Waals surface area contributed by atoms with Crippen LogP contribution in [0.1, 0.15) is 12.0 Å². The summed E-state index contributed by atoms with van der Waals surface area (Å²) in [6, 6.07) is 13.1. The lowest BCUT2D eigenvalue weighted by Crippen LogP contribution is -2.38. The van der Waals surface area contributed by atoms with Gasteiger partial charge in [0.25, 0.3) is 0 Å². The zero-order valence-electron chi connectivity index (χ0n) is 17.7. The van der Waals surface area contributed by atoms with E-state index in [1.54, 1.807) is 25.3 Å². The fraction of sp³-hybridized carbons (Fsp3) is 0.348.